The van der Waals surface area contributed by atoms with Crippen LogP contribution in [-0.2, 0) is 16.9 Å². The number of esters is 1. The monoisotopic (exact) mass is 559 g/mol. The lowest BCUT2D eigenvalue weighted by Crippen LogP contribution is -2.17. The maximum Gasteiger partial charge on any atom is 0.348 e. The second-order valence-electron chi connectivity index (χ2n) is 9.90. The van der Waals surface area contributed by atoms with Crippen molar-refractivity contribution in [3.63, 3.8) is 0 Å². The molecular weight excluding hydrogens is 530 g/mol. The van der Waals surface area contributed by atoms with Gasteiger partial charge in [-0.25, -0.2) is 9.78 Å². The SMILES string of the molecule is COC(=O)c1sc2nc(CSc3nnc(Cc4cccc5ccccc45)n3C3CCCCC3)[nH]c(=O)c2c1C. The number of thioether (sulfide) groups is 1. The van der Waals surface area contributed by atoms with Crippen LogP contribution in [0.2, 0.25) is 0 Å². The highest BCUT2D eigenvalue weighted by atomic mass is 32.2. The molecule has 3 aromatic heterocycles. The van der Waals surface area contributed by atoms with Crippen LogP contribution in [0.4, 0.5) is 0 Å². The molecule has 0 radical (unpaired) electrons. The molecule has 0 aliphatic heterocycles. The van der Waals surface area contributed by atoms with Crippen LogP contribution in [0, 0.1) is 6.92 Å². The maximum atomic E-state index is 12.9. The first-order valence-electron chi connectivity index (χ1n) is 13.2. The zero-order chi connectivity index (χ0) is 26.9. The van der Waals surface area contributed by atoms with Crippen molar-refractivity contribution in [1.29, 1.82) is 0 Å². The number of nitrogens with one attached hydrogen (secondary N) is 1. The molecule has 200 valence electrons. The predicted octanol–water partition coefficient (Wildman–Crippen LogP) is 6.21. The largest absolute Gasteiger partial charge is 0.465 e. The number of benzene rings is 2. The minimum Gasteiger partial charge on any atom is -0.465 e. The number of methoxy groups -OCH3 is 1. The molecule has 0 amide bonds. The Morgan fingerprint density at radius 1 is 1.13 bits per heavy atom. The van der Waals surface area contributed by atoms with Crippen LogP contribution in [-0.4, -0.2) is 37.8 Å². The van der Waals surface area contributed by atoms with E-state index in [1.54, 1.807) is 6.92 Å². The van der Waals surface area contributed by atoms with Crippen molar-refractivity contribution < 1.29 is 9.53 Å². The van der Waals surface area contributed by atoms with E-state index in [2.05, 4.69) is 67.2 Å². The van der Waals surface area contributed by atoms with Gasteiger partial charge in [0.15, 0.2) is 5.16 Å². The van der Waals surface area contributed by atoms with E-state index in [1.165, 1.54) is 65.8 Å². The number of hydrogen-bond donors (Lipinski definition) is 1. The Bertz CT molecular complexity index is 1730. The third-order valence-corrected chi connectivity index (χ3v) is 9.58. The van der Waals surface area contributed by atoms with Crippen molar-refractivity contribution in [1.82, 2.24) is 24.7 Å². The van der Waals surface area contributed by atoms with Gasteiger partial charge in [0.2, 0.25) is 0 Å². The Kier molecular flexibility index (Phi) is 7.22. The molecule has 5 aromatic rings. The number of hydrogen-bond acceptors (Lipinski definition) is 8. The summed E-state index contributed by atoms with van der Waals surface area (Å²) in [5.74, 6) is 1.50. The molecule has 0 spiro atoms. The molecule has 8 nitrogen and oxygen atoms in total. The molecule has 0 atom stereocenters. The number of aromatic nitrogens is 5. The summed E-state index contributed by atoms with van der Waals surface area (Å²) >= 11 is 2.73. The quantitative estimate of drug-likeness (QED) is 0.187. The van der Waals surface area contributed by atoms with Gasteiger partial charge in [-0.05, 0) is 41.7 Å². The average Bonchev–Trinajstić information content (AvgIpc) is 3.52. The second kappa shape index (κ2) is 10.9. The summed E-state index contributed by atoms with van der Waals surface area (Å²) in [6.07, 6.45) is 6.59. The molecule has 1 fully saturated rings. The molecule has 1 aliphatic carbocycles. The highest BCUT2D eigenvalue weighted by Crippen LogP contribution is 2.35. The van der Waals surface area contributed by atoms with Crippen molar-refractivity contribution in [3.8, 4) is 0 Å². The lowest BCUT2D eigenvalue weighted by atomic mass is 9.95. The molecular formula is C29H29N5O3S2. The van der Waals surface area contributed by atoms with Crippen molar-refractivity contribution in [2.45, 2.75) is 62.4 Å². The topological polar surface area (TPSA) is 103 Å². The Balaban J connectivity index is 1.31. The summed E-state index contributed by atoms with van der Waals surface area (Å²) in [7, 11) is 1.34. The van der Waals surface area contributed by atoms with Gasteiger partial charge in [-0.2, -0.15) is 0 Å². The van der Waals surface area contributed by atoms with Crippen molar-refractivity contribution in [2.75, 3.05) is 7.11 Å². The van der Waals surface area contributed by atoms with E-state index in [0.717, 1.165) is 23.8 Å². The number of ether oxygens (including phenoxy) is 1. The van der Waals surface area contributed by atoms with Gasteiger partial charge in [-0.15, -0.1) is 21.5 Å². The molecule has 2 aromatic carbocycles. The van der Waals surface area contributed by atoms with Crippen LogP contribution >= 0.6 is 23.1 Å². The lowest BCUT2D eigenvalue weighted by molar-refractivity contribution is 0.0605. The van der Waals surface area contributed by atoms with E-state index in [4.69, 9.17) is 4.74 Å². The second-order valence-corrected chi connectivity index (χ2v) is 11.8. The van der Waals surface area contributed by atoms with Crippen LogP contribution < -0.4 is 5.56 Å². The van der Waals surface area contributed by atoms with Gasteiger partial charge in [0.1, 0.15) is 21.4 Å². The van der Waals surface area contributed by atoms with Gasteiger partial charge in [0.05, 0.1) is 18.2 Å². The molecule has 10 heteroatoms. The van der Waals surface area contributed by atoms with E-state index in [-0.39, 0.29) is 5.56 Å². The molecule has 0 bridgehead atoms. The molecule has 6 rings (SSSR count). The Hall–Kier alpha value is -3.50. The predicted molar refractivity (Wildman–Crippen MR) is 155 cm³/mol. The maximum absolute atomic E-state index is 12.9. The number of aromatic amines is 1. The van der Waals surface area contributed by atoms with Gasteiger partial charge in [-0.3, -0.25) is 4.79 Å². The van der Waals surface area contributed by atoms with E-state index in [0.29, 0.717) is 44.7 Å². The zero-order valence-corrected chi connectivity index (χ0v) is 23.5. The molecule has 39 heavy (non-hydrogen) atoms. The van der Waals surface area contributed by atoms with E-state index >= 15 is 0 Å². The fourth-order valence-electron chi connectivity index (χ4n) is 5.53. The van der Waals surface area contributed by atoms with Gasteiger partial charge in [-0.1, -0.05) is 73.5 Å². The number of carbonyl (C=O) groups is 1. The molecule has 0 unspecified atom stereocenters. The normalized spacial score (nSPS) is 14.3. The van der Waals surface area contributed by atoms with Crippen molar-refractivity contribution >= 4 is 50.1 Å². The summed E-state index contributed by atoms with van der Waals surface area (Å²) in [5.41, 5.74) is 1.59. The number of H-pyrrole nitrogens is 1. The summed E-state index contributed by atoms with van der Waals surface area (Å²) in [6, 6.07) is 15.2. The van der Waals surface area contributed by atoms with Crippen LogP contribution in [0.3, 0.4) is 0 Å². The molecule has 3 heterocycles. The Labute approximate surface area is 233 Å². The third kappa shape index (κ3) is 4.98. The molecule has 1 aliphatic rings. The van der Waals surface area contributed by atoms with Gasteiger partial charge < -0.3 is 14.3 Å². The highest BCUT2D eigenvalue weighted by Gasteiger charge is 2.24. The third-order valence-electron chi connectivity index (χ3n) is 7.46. The van der Waals surface area contributed by atoms with E-state index in [9.17, 15) is 9.59 Å². The van der Waals surface area contributed by atoms with Crippen molar-refractivity contribution in [2.24, 2.45) is 0 Å². The summed E-state index contributed by atoms with van der Waals surface area (Å²) in [6.45, 7) is 1.75. The van der Waals surface area contributed by atoms with Crippen LogP contribution in [0.1, 0.15) is 70.6 Å². The summed E-state index contributed by atoms with van der Waals surface area (Å²) < 4.78 is 7.20. The van der Waals surface area contributed by atoms with Gasteiger partial charge >= 0.3 is 5.97 Å². The number of rotatable bonds is 7. The number of nitrogens with zero attached hydrogens (tertiary/aromatic N) is 4. The fraction of sp³-hybridized carbons (Fsp3) is 0.345. The van der Waals surface area contributed by atoms with E-state index in [1.807, 2.05) is 0 Å². The van der Waals surface area contributed by atoms with Gasteiger partial charge in [0.25, 0.3) is 5.56 Å². The first kappa shape index (κ1) is 25.8. The minimum atomic E-state index is -0.454. The lowest BCUT2D eigenvalue weighted by Gasteiger charge is -2.25. The zero-order valence-electron chi connectivity index (χ0n) is 21.9. The van der Waals surface area contributed by atoms with E-state index < -0.39 is 5.97 Å². The smallest absolute Gasteiger partial charge is 0.348 e. The first-order valence-corrected chi connectivity index (χ1v) is 15.0. The minimum absolute atomic E-state index is 0.245. The number of aryl methyl sites for hydroxylation is 1. The molecule has 0 saturated heterocycles. The molecule has 1 saturated carbocycles. The van der Waals surface area contributed by atoms with Crippen LogP contribution in [0.5, 0.6) is 0 Å². The highest BCUT2D eigenvalue weighted by molar-refractivity contribution is 7.98. The Morgan fingerprint density at radius 2 is 1.92 bits per heavy atom. The average molecular weight is 560 g/mol. The summed E-state index contributed by atoms with van der Waals surface area (Å²) in [4.78, 5) is 33.6. The van der Waals surface area contributed by atoms with Crippen LogP contribution in [0.25, 0.3) is 21.0 Å². The summed E-state index contributed by atoms with van der Waals surface area (Å²) in [5, 5.41) is 13.0. The number of carbonyl (C=O) groups excluding carboxylic acids is 1. The standard InChI is InChI=1S/C29H29N5O3S2/c1-17-24-26(35)30-22(31-27(24)39-25(17)28(36)37-2)16-38-29-33-32-23(34(29)20-12-4-3-5-13-20)15-19-11-8-10-18-9-6-7-14-21(18)19/h6-11,14,20H,3-5,12-13,15-16H2,1-2H3,(H,30,31,35). The Morgan fingerprint density at radius 3 is 2.74 bits per heavy atom. The molecule has 1 N–H and O–H groups in total. The van der Waals surface area contributed by atoms with Crippen molar-refractivity contribution in [3.05, 3.63) is 80.5 Å². The fourth-order valence-corrected chi connectivity index (χ4v) is 7.54. The number of fused-ring (bicyclic) bond motifs is 2. The van der Waals surface area contributed by atoms with Gasteiger partial charge in [0, 0.05) is 12.5 Å². The number of thiophene rings is 1. The van der Waals surface area contributed by atoms with Crippen LogP contribution in [0.15, 0.2) is 52.4 Å². The first-order chi connectivity index (χ1) is 19.0.